The molecule has 0 saturated heterocycles. The summed E-state index contributed by atoms with van der Waals surface area (Å²) in [6.07, 6.45) is 4.90. The van der Waals surface area contributed by atoms with Gasteiger partial charge in [-0.05, 0) is 67.3 Å². The molecule has 3 aromatic rings. The fourth-order valence-electron chi connectivity index (χ4n) is 4.11. The molecule has 158 valence electrons. The van der Waals surface area contributed by atoms with Gasteiger partial charge in [0, 0.05) is 35.9 Å². The second kappa shape index (κ2) is 8.06. The number of hydrogen-bond donors (Lipinski definition) is 2. The molecular weight excluding hydrogens is 420 g/mol. The molecule has 30 heavy (non-hydrogen) atoms. The third-order valence-electron chi connectivity index (χ3n) is 5.74. The van der Waals surface area contributed by atoms with Crippen LogP contribution in [0.4, 0.5) is 5.69 Å². The van der Waals surface area contributed by atoms with Gasteiger partial charge in [0.15, 0.2) is 5.03 Å². The van der Waals surface area contributed by atoms with Crippen LogP contribution in [0.2, 0.25) is 5.02 Å². The molecule has 0 amide bonds. The van der Waals surface area contributed by atoms with Gasteiger partial charge in [-0.2, -0.15) is 8.42 Å². The largest absolute Gasteiger partial charge is 0.339 e. The predicted molar refractivity (Wildman–Crippen MR) is 120 cm³/mol. The fraction of sp³-hybridized carbons (Fsp3) is 0.318. The summed E-state index contributed by atoms with van der Waals surface area (Å²) < 4.78 is 29.6. The van der Waals surface area contributed by atoms with Crippen molar-refractivity contribution in [2.75, 3.05) is 11.8 Å². The lowest BCUT2D eigenvalue weighted by Crippen LogP contribution is -2.24. The molecular formula is C22H25ClN4O2S. The predicted octanol–water partition coefficient (Wildman–Crippen LogP) is 4.37. The van der Waals surface area contributed by atoms with E-state index in [1.165, 1.54) is 23.7 Å². The average molecular weight is 445 g/mol. The first-order valence-electron chi connectivity index (χ1n) is 9.86. The van der Waals surface area contributed by atoms with E-state index in [1.54, 1.807) is 11.6 Å². The summed E-state index contributed by atoms with van der Waals surface area (Å²) in [5.41, 5.74) is 5.07. The molecule has 0 fully saturated rings. The summed E-state index contributed by atoms with van der Waals surface area (Å²) in [6, 6.07) is 12.2. The lowest BCUT2D eigenvalue weighted by molar-refractivity contribution is 0.471. The van der Waals surface area contributed by atoms with Gasteiger partial charge in [-0.25, -0.2) is 4.98 Å². The maximum Gasteiger partial charge on any atom is 0.280 e. The Hall–Kier alpha value is -2.35. The van der Waals surface area contributed by atoms with E-state index in [-0.39, 0.29) is 17.0 Å². The van der Waals surface area contributed by atoms with Crippen molar-refractivity contribution in [2.24, 2.45) is 7.05 Å². The molecule has 2 atom stereocenters. The molecule has 0 aliphatic heterocycles. The SMILES string of the molecule is CN[C@H]1CC[C@@H](c2ccc(C)c(Cl)c2)c2ccc(NS(=O)(=O)c3cn(C)cn3)cc21. The summed E-state index contributed by atoms with van der Waals surface area (Å²) in [6.45, 7) is 2.00. The minimum atomic E-state index is -3.74. The molecule has 0 unspecified atom stereocenters. The number of aryl methyl sites for hydroxylation is 2. The van der Waals surface area contributed by atoms with Crippen LogP contribution in [0.15, 0.2) is 53.9 Å². The zero-order valence-electron chi connectivity index (χ0n) is 17.2. The van der Waals surface area contributed by atoms with E-state index >= 15 is 0 Å². The van der Waals surface area contributed by atoms with Crippen molar-refractivity contribution in [2.45, 2.75) is 36.8 Å². The number of nitrogens with zero attached hydrogens (tertiary/aromatic N) is 2. The summed E-state index contributed by atoms with van der Waals surface area (Å²) in [5, 5.41) is 4.13. The molecule has 8 heteroatoms. The Bertz CT molecular complexity index is 1190. The van der Waals surface area contributed by atoms with Gasteiger partial charge in [0.1, 0.15) is 0 Å². The number of halogens is 1. The van der Waals surface area contributed by atoms with Crippen LogP contribution < -0.4 is 10.0 Å². The summed E-state index contributed by atoms with van der Waals surface area (Å²) >= 11 is 6.38. The van der Waals surface area contributed by atoms with Gasteiger partial charge in [-0.1, -0.05) is 29.8 Å². The van der Waals surface area contributed by atoms with Crippen molar-refractivity contribution in [1.29, 1.82) is 0 Å². The Kier molecular flexibility index (Phi) is 5.61. The minimum Gasteiger partial charge on any atom is -0.339 e. The Labute approximate surface area is 182 Å². The third kappa shape index (κ3) is 3.97. The van der Waals surface area contributed by atoms with Crippen LogP contribution in [0, 0.1) is 6.92 Å². The van der Waals surface area contributed by atoms with Crippen LogP contribution in [0.25, 0.3) is 0 Å². The zero-order valence-corrected chi connectivity index (χ0v) is 18.8. The first-order chi connectivity index (χ1) is 14.3. The molecule has 1 heterocycles. The highest BCUT2D eigenvalue weighted by Gasteiger charge is 2.28. The van der Waals surface area contributed by atoms with E-state index in [9.17, 15) is 8.42 Å². The third-order valence-corrected chi connectivity index (χ3v) is 7.41. The Morgan fingerprint density at radius 1 is 1.13 bits per heavy atom. The number of imidazole rings is 1. The lowest BCUT2D eigenvalue weighted by Gasteiger charge is -2.32. The van der Waals surface area contributed by atoms with E-state index in [0.29, 0.717) is 5.69 Å². The van der Waals surface area contributed by atoms with E-state index < -0.39 is 10.0 Å². The first kappa shape index (κ1) is 20.9. The number of anilines is 1. The molecule has 1 aliphatic carbocycles. The normalized spacial score (nSPS) is 18.8. The number of benzene rings is 2. The highest BCUT2D eigenvalue weighted by Crippen LogP contribution is 2.43. The number of hydrogen-bond acceptors (Lipinski definition) is 4. The Balaban J connectivity index is 1.70. The Morgan fingerprint density at radius 2 is 1.93 bits per heavy atom. The highest BCUT2D eigenvalue weighted by atomic mass is 35.5. The quantitative estimate of drug-likeness (QED) is 0.612. The van der Waals surface area contributed by atoms with Crippen LogP contribution in [-0.4, -0.2) is 25.0 Å². The average Bonchev–Trinajstić information content (AvgIpc) is 3.16. The molecule has 0 saturated carbocycles. The lowest BCUT2D eigenvalue weighted by atomic mass is 9.76. The molecule has 1 aromatic heterocycles. The van der Waals surface area contributed by atoms with Crippen LogP contribution in [0.1, 0.15) is 47.1 Å². The monoisotopic (exact) mass is 444 g/mol. The van der Waals surface area contributed by atoms with Crippen molar-refractivity contribution in [1.82, 2.24) is 14.9 Å². The van der Waals surface area contributed by atoms with Gasteiger partial charge >= 0.3 is 0 Å². The first-order valence-corrected chi connectivity index (χ1v) is 11.7. The van der Waals surface area contributed by atoms with Crippen LogP contribution >= 0.6 is 11.6 Å². The topological polar surface area (TPSA) is 76.0 Å². The molecule has 2 N–H and O–H groups in total. The summed E-state index contributed by atoms with van der Waals surface area (Å²) in [4.78, 5) is 3.96. The van der Waals surface area contributed by atoms with Crippen molar-refractivity contribution in [3.8, 4) is 0 Å². The Morgan fingerprint density at radius 3 is 2.60 bits per heavy atom. The number of fused-ring (bicyclic) bond motifs is 1. The molecule has 0 radical (unpaired) electrons. The molecule has 1 aliphatic rings. The summed E-state index contributed by atoms with van der Waals surface area (Å²) in [7, 11) is -0.0703. The second-order valence-electron chi connectivity index (χ2n) is 7.81. The van der Waals surface area contributed by atoms with Gasteiger partial charge in [0.2, 0.25) is 0 Å². The fourth-order valence-corrected chi connectivity index (χ4v) is 5.33. The maximum atomic E-state index is 12.7. The molecule has 0 spiro atoms. The van der Waals surface area contributed by atoms with Gasteiger partial charge in [0.25, 0.3) is 10.0 Å². The van der Waals surface area contributed by atoms with Crippen LogP contribution in [-0.2, 0) is 17.1 Å². The standard InChI is InChI=1S/C22H25ClN4O2S/c1-14-4-5-15(10-20(14)23)17-8-9-21(24-2)19-11-16(6-7-18(17)19)26-30(28,29)22-12-27(3)13-25-22/h4-7,10-13,17,21,24,26H,8-9H2,1-3H3/t17-,21-/m0/s1. The van der Waals surface area contributed by atoms with Crippen LogP contribution in [0.3, 0.4) is 0 Å². The van der Waals surface area contributed by atoms with Gasteiger partial charge in [0.05, 0.1) is 6.33 Å². The van der Waals surface area contributed by atoms with E-state index in [2.05, 4.69) is 27.2 Å². The highest BCUT2D eigenvalue weighted by molar-refractivity contribution is 7.92. The van der Waals surface area contributed by atoms with E-state index in [4.69, 9.17) is 11.6 Å². The van der Waals surface area contributed by atoms with Gasteiger partial charge in [-0.15, -0.1) is 0 Å². The van der Waals surface area contributed by atoms with Crippen LogP contribution in [0.5, 0.6) is 0 Å². The number of aromatic nitrogens is 2. The number of sulfonamides is 1. The van der Waals surface area contributed by atoms with Crippen molar-refractivity contribution < 1.29 is 8.42 Å². The maximum absolute atomic E-state index is 12.7. The molecule has 0 bridgehead atoms. The number of nitrogens with one attached hydrogen (secondary N) is 2. The molecule has 4 rings (SSSR count). The second-order valence-corrected chi connectivity index (χ2v) is 9.84. The van der Waals surface area contributed by atoms with Crippen molar-refractivity contribution in [3.05, 3.63) is 76.2 Å². The molecule has 2 aromatic carbocycles. The zero-order chi connectivity index (χ0) is 21.5. The van der Waals surface area contributed by atoms with Crippen molar-refractivity contribution >= 4 is 27.3 Å². The molecule has 6 nitrogen and oxygen atoms in total. The van der Waals surface area contributed by atoms with E-state index in [1.807, 2.05) is 38.2 Å². The van der Waals surface area contributed by atoms with Crippen molar-refractivity contribution in [3.63, 3.8) is 0 Å². The summed E-state index contributed by atoms with van der Waals surface area (Å²) in [5.74, 6) is 0.226. The minimum absolute atomic E-state index is 0.0000565. The van der Waals surface area contributed by atoms with E-state index in [0.717, 1.165) is 29.0 Å². The van der Waals surface area contributed by atoms with Gasteiger partial charge < -0.3 is 9.88 Å². The smallest absolute Gasteiger partial charge is 0.280 e. The number of rotatable bonds is 5. The van der Waals surface area contributed by atoms with Gasteiger partial charge in [-0.3, -0.25) is 4.72 Å².